The molecule has 0 saturated heterocycles. The monoisotopic (exact) mass is 133 g/mol. The number of nitrogens with two attached hydrogens (primary N) is 1. The molecule has 0 aromatic carbocycles. The predicted molar refractivity (Wildman–Crippen MR) is 33.5 cm³/mol. The van der Waals surface area contributed by atoms with E-state index in [1.807, 2.05) is 6.92 Å². The zero-order chi connectivity index (χ0) is 7.44. The summed E-state index contributed by atoms with van der Waals surface area (Å²) in [6, 6.07) is 0. The molecular formula is C6H12FNO. The zero-order valence-electron chi connectivity index (χ0n) is 5.73. The van der Waals surface area contributed by atoms with Gasteiger partial charge >= 0.3 is 0 Å². The Bertz CT molecular complexity index is 105. The number of amides is 1. The molecule has 0 aliphatic carbocycles. The van der Waals surface area contributed by atoms with Gasteiger partial charge in [0, 0.05) is 0 Å². The summed E-state index contributed by atoms with van der Waals surface area (Å²) < 4.78 is 12.4. The maximum absolute atomic E-state index is 12.4. The normalized spacial score (nSPS) is 16.8. The van der Waals surface area contributed by atoms with Gasteiger partial charge in [0.1, 0.15) is 0 Å². The van der Waals surface area contributed by atoms with Crippen LogP contribution in [-0.4, -0.2) is 12.1 Å². The molecule has 0 spiro atoms. The topological polar surface area (TPSA) is 43.1 Å². The fraction of sp³-hybridized carbons (Fsp3) is 0.833. The Hall–Kier alpha value is -0.600. The average molecular weight is 133 g/mol. The van der Waals surface area contributed by atoms with Crippen molar-refractivity contribution in [3.05, 3.63) is 0 Å². The molecule has 54 valence electrons. The van der Waals surface area contributed by atoms with Gasteiger partial charge in [0.25, 0.3) is 5.91 Å². The van der Waals surface area contributed by atoms with Crippen LogP contribution in [0.1, 0.15) is 20.3 Å². The van der Waals surface area contributed by atoms with E-state index in [4.69, 9.17) is 5.73 Å². The molecule has 3 heteroatoms. The molecule has 1 amide bonds. The highest BCUT2D eigenvalue weighted by Gasteiger charge is 2.19. The van der Waals surface area contributed by atoms with E-state index in [0.29, 0.717) is 6.42 Å². The molecule has 0 heterocycles. The minimum atomic E-state index is -1.48. The zero-order valence-corrected chi connectivity index (χ0v) is 5.73. The summed E-state index contributed by atoms with van der Waals surface area (Å²) in [5.74, 6) is -1.10. The highest BCUT2D eigenvalue weighted by molar-refractivity contribution is 5.78. The fourth-order valence-corrected chi connectivity index (χ4v) is 0.487. The van der Waals surface area contributed by atoms with Crippen LogP contribution in [-0.2, 0) is 4.79 Å². The minimum absolute atomic E-state index is 0.248. The number of hydrogen-bond donors (Lipinski definition) is 1. The van der Waals surface area contributed by atoms with Crippen molar-refractivity contribution >= 4 is 5.91 Å². The van der Waals surface area contributed by atoms with Crippen LogP contribution in [0, 0.1) is 5.92 Å². The molecule has 2 atom stereocenters. The van der Waals surface area contributed by atoms with Crippen LogP contribution in [0.15, 0.2) is 0 Å². The number of carbonyl (C=O) groups excluding carboxylic acids is 1. The lowest BCUT2D eigenvalue weighted by Crippen LogP contribution is -2.29. The highest BCUT2D eigenvalue weighted by Crippen LogP contribution is 2.09. The van der Waals surface area contributed by atoms with Crippen molar-refractivity contribution in [3.63, 3.8) is 0 Å². The van der Waals surface area contributed by atoms with Crippen LogP contribution in [0.5, 0.6) is 0 Å². The van der Waals surface area contributed by atoms with Crippen molar-refractivity contribution < 1.29 is 9.18 Å². The molecule has 0 fully saturated rings. The van der Waals surface area contributed by atoms with E-state index in [9.17, 15) is 9.18 Å². The molecule has 0 saturated carbocycles. The predicted octanol–water partition coefficient (Wildman–Crippen LogP) is 0.856. The first-order valence-corrected chi connectivity index (χ1v) is 3.03. The van der Waals surface area contributed by atoms with Crippen molar-refractivity contribution in [1.82, 2.24) is 0 Å². The van der Waals surface area contributed by atoms with E-state index >= 15 is 0 Å². The molecule has 0 aliphatic rings. The molecule has 0 aliphatic heterocycles. The largest absolute Gasteiger partial charge is 0.367 e. The molecule has 0 aromatic rings. The summed E-state index contributed by atoms with van der Waals surface area (Å²) >= 11 is 0. The van der Waals surface area contributed by atoms with E-state index < -0.39 is 12.1 Å². The molecule has 2 unspecified atom stereocenters. The second-order valence-electron chi connectivity index (χ2n) is 2.19. The van der Waals surface area contributed by atoms with Crippen LogP contribution in [0.2, 0.25) is 0 Å². The van der Waals surface area contributed by atoms with E-state index in [0.717, 1.165) is 0 Å². The van der Waals surface area contributed by atoms with E-state index in [1.54, 1.807) is 6.92 Å². The number of halogens is 1. The quantitative estimate of drug-likeness (QED) is 0.609. The Balaban J connectivity index is 3.72. The second-order valence-corrected chi connectivity index (χ2v) is 2.19. The number of rotatable bonds is 3. The van der Waals surface area contributed by atoms with Crippen LogP contribution in [0.3, 0.4) is 0 Å². The summed E-state index contributed by atoms with van der Waals surface area (Å²) in [6.45, 7) is 3.48. The van der Waals surface area contributed by atoms with Gasteiger partial charge in [-0.05, 0) is 5.92 Å². The Morgan fingerprint density at radius 2 is 2.22 bits per heavy atom. The van der Waals surface area contributed by atoms with Gasteiger partial charge < -0.3 is 5.73 Å². The third kappa shape index (κ3) is 2.44. The highest BCUT2D eigenvalue weighted by atomic mass is 19.1. The van der Waals surface area contributed by atoms with Crippen LogP contribution in [0.4, 0.5) is 4.39 Å². The molecule has 2 N–H and O–H groups in total. The lowest BCUT2D eigenvalue weighted by Gasteiger charge is -2.09. The first-order chi connectivity index (χ1) is 4.09. The summed E-state index contributed by atoms with van der Waals surface area (Å²) in [6.07, 6.45) is -0.834. The number of alkyl halides is 1. The van der Waals surface area contributed by atoms with Gasteiger partial charge in [0.15, 0.2) is 6.17 Å². The number of primary amides is 1. The van der Waals surface area contributed by atoms with Crippen LogP contribution < -0.4 is 5.73 Å². The van der Waals surface area contributed by atoms with Crippen molar-refractivity contribution in [1.29, 1.82) is 0 Å². The molecule has 9 heavy (non-hydrogen) atoms. The maximum Gasteiger partial charge on any atom is 0.252 e. The standard InChI is InChI=1S/C6H12FNO/c1-3-4(2)5(7)6(8)9/h4-5H,3H2,1-2H3,(H2,8,9). The fourth-order valence-electron chi connectivity index (χ4n) is 0.487. The summed E-state index contributed by atoms with van der Waals surface area (Å²) in [4.78, 5) is 10.1. The molecule has 2 nitrogen and oxygen atoms in total. The van der Waals surface area contributed by atoms with Crippen LogP contribution >= 0.6 is 0 Å². The van der Waals surface area contributed by atoms with Gasteiger partial charge in [0.2, 0.25) is 0 Å². The number of carbonyl (C=O) groups is 1. The smallest absolute Gasteiger partial charge is 0.252 e. The Kier molecular flexibility index (Phi) is 3.20. The van der Waals surface area contributed by atoms with Gasteiger partial charge in [-0.1, -0.05) is 20.3 Å². The van der Waals surface area contributed by atoms with Gasteiger partial charge in [-0.3, -0.25) is 4.79 Å². The molecule has 0 radical (unpaired) electrons. The molecular weight excluding hydrogens is 121 g/mol. The van der Waals surface area contributed by atoms with Crippen molar-refractivity contribution in [2.75, 3.05) is 0 Å². The lowest BCUT2D eigenvalue weighted by atomic mass is 10.0. The maximum atomic E-state index is 12.4. The first-order valence-electron chi connectivity index (χ1n) is 3.03. The van der Waals surface area contributed by atoms with Crippen LogP contribution in [0.25, 0.3) is 0 Å². The third-order valence-corrected chi connectivity index (χ3v) is 1.42. The second kappa shape index (κ2) is 3.43. The summed E-state index contributed by atoms with van der Waals surface area (Å²) in [5, 5.41) is 0. The summed E-state index contributed by atoms with van der Waals surface area (Å²) in [5.41, 5.74) is 4.70. The van der Waals surface area contributed by atoms with E-state index in [1.165, 1.54) is 0 Å². The Morgan fingerprint density at radius 3 is 2.33 bits per heavy atom. The van der Waals surface area contributed by atoms with Gasteiger partial charge in [-0.2, -0.15) is 0 Å². The molecule has 0 rings (SSSR count). The number of hydrogen-bond acceptors (Lipinski definition) is 1. The molecule has 0 bridgehead atoms. The van der Waals surface area contributed by atoms with Crippen molar-refractivity contribution in [2.45, 2.75) is 26.4 Å². The Labute approximate surface area is 54.2 Å². The third-order valence-electron chi connectivity index (χ3n) is 1.42. The first kappa shape index (κ1) is 8.40. The van der Waals surface area contributed by atoms with Gasteiger partial charge in [-0.25, -0.2) is 4.39 Å². The van der Waals surface area contributed by atoms with E-state index in [-0.39, 0.29) is 5.92 Å². The SMILES string of the molecule is CCC(C)C(F)C(N)=O. The molecule has 0 aromatic heterocycles. The average Bonchev–Trinajstić information content (AvgIpc) is 1.84. The van der Waals surface area contributed by atoms with Crippen molar-refractivity contribution in [3.8, 4) is 0 Å². The minimum Gasteiger partial charge on any atom is -0.367 e. The van der Waals surface area contributed by atoms with Crippen molar-refractivity contribution in [2.24, 2.45) is 11.7 Å². The van der Waals surface area contributed by atoms with Gasteiger partial charge in [-0.15, -0.1) is 0 Å². The summed E-state index contributed by atoms with van der Waals surface area (Å²) in [7, 11) is 0. The Morgan fingerprint density at radius 1 is 1.78 bits per heavy atom. The lowest BCUT2D eigenvalue weighted by molar-refractivity contribution is -0.124. The van der Waals surface area contributed by atoms with Gasteiger partial charge in [0.05, 0.1) is 0 Å². The van der Waals surface area contributed by atoms with E-state index in [2.05, 4.69) is 0 Å².